The van der Waals surface area contributed by atoms with Crippen molar-refractivity contribution in [3.8, 4) is 0 Å². The molecule has 7 heteroatoms. The molecule has 3 N–H and O–H groups in total. The second kappa shape index (κ2) is 6.89. The number of halogens is 1. The summed E-state index contributed by atoms with van der Waals surface area (Å²) in [6.07, 6.45) is 4.02. The monoisotopic (exact) mass is 432 g/mol. The molecule has 6 rings (SSSR count). The predicted molar refractivity (Wildman–Crippen MR) is 118 cm³/mol. The summed E-state index contributed by atoms with van der Waals surface area (Å²) in [5.74, 6) is -0.367. The van der Waals surface area contributed by atoms with Gasteiger partial charge in [-0.2, -0.15) is 0 Å². The number of nitrogens with zero attached hydrogens (tertiary/aromatic N) is 1. The Balaban J connectivity index is 1.32. The van der Waals surface area contributed by atoms with Crippen LogP contribution in [-0.4, -0.2) is 28.9 Å². The van der Waals surface area contributed by atoms with Gasteiger partial charge in [0.25, 0.3) is 0 Å². The summed E-state index contributed by atoms with van der Waals surface area (Å²) >= 11 is 0. The lowest BCUT2D eigenvalue weighted by Gasteiger charge is -2.27. The molecule has 7 atom stereocenters. The van der Waals surface area contributed by atoms with Crippen LogP contribution in [0.2, 0.25) is 0 Å². The summed E-state index contributed by atoms with van der Waals surface area (Å²) in [5, 5.41) is 9.91. The smallest absolute Gasteiger partial charge is 0.231 e. The number of hydrogen-bond donors (Lipinski definition) is 3. The third-order valence-electron chi connectivity index (χ3n) is 7.34. The van der Waals surface area contributed by atoms with E-state index in [0.717, 1.165) is 23.4 Å². The van der Waals surface area contributed by atoms with Crippen LogP contribution in [0.15, 0.2) is 60.4 Å². The Morgan fingerprint density at radius 2 is 2.03 bits per heavy atom. The number of amides is 1. The van der Waals surface area contributed by atoms with Crippen LogP contribution in [0.4, 0.5) is 15.9 Å². The summed E-state index contributed by atoms with van der Waals surface area (Å²) in [6, 6.07) is 13.2. The van der Waals surface area contributed by atoms with Gasteiger partial charge in [0.1, 0.15) is 17.8 Å². The standard InChI is InChI=1S/C25H25FN4O2/c1-25-11-16(25)23(31)20-18(12-25)29-21(22(20)28-14-5-3-2-4-6-14)13-7-8-27-19(9-13)30-24(32)15-10-17(15)26/h2-9,12,15-17,20-22,28-29H,10-11H2,1H3,(H,27,30,32)/t15-,16-,17+,20?,21?,22?,25+/m1/s1. The average molecular weight is 432 g/mol. The van der Waals surface area contributed by atoms with E-state index >= 15 is 0 Å². The van der Waals surface area contributed by atoms with Gasteiger partial charge in [-0.25, -0.2) is 9.37 Å². The summed E-state index contributed by atoms with van der Waals surface area (Å²) in [7, 11) is 0. The largest absolute Gasteiger partial charge is 0.379 e. The van der Waals surface area contributed by atoms with Crippen LogP contribution in [0.25, 0.3) is 0 Å². The zero-order valence-corrected chi connectivity index (χ0v) is 17.7. The number of allylic oxidation sites excluding steroid dienone is 1. The van der Waals surface area contributed by atoms with Crippen LogP contribution in [0.3, 0.4) is 0 Å². The summed E-state index contributed by atoms with van der Waals surface area (Å²) < 4.78 is 13.2. The lowest BCUT2D eigenvalue weighted by molar-refractivity contribution is -0.124. The molecule has 6 nitrogen and oxygen atoms in total. The minimum absolute atomic E-state index is 0.0351. The first kappa shape index (κ1) is 19.5. The van der Waals surface area contributed by atoms with Gasteiger partial charge in [0.2, 0.25) is 5.91 Å². The highest BCUT2D eigenvalue weighted by Gasteiger charge is 2.61. The van der Waals surface area contributed by atoms with Crippen LogP contribution >= 0.6 is 0 Å². The SMILES string of the molecule is C[C@]12C=C3NC(c4ccnc(NC(=O)[C@@H]5C[C@@H]5F)c4)C(Nc4ccccc4)C3C(=O)[C@H]1C2. The number of benzene rings is 1. The first-order valence-corrected chi connectivity index (χ1v) is 11.2. The summed E-state index contributed by atoms with van der Waals surface area (Å²) in [5.41, 5.74) is 2.81. The Morgan fingerprint density at radius 3 is 2.78 bits per heavy atom. The Kier molecular flexibility index (Phi) is 4.19. The molecule has 32 heavy (non-hydrogen) atoms. The fourth-order valence-corrected chi connectivity index (χ4v) is 5.29. The van der Waals surface area contributed by atoms with Crippen molar-refractivity contribution in [2.45, 2.75) is 38.0 Å². The van der Waals surface area contributed by atoms with Crippen LogP contribution < -0.4 is 16.0 Å². The quantitative estimate of drug-likeness (QED) is 0.672. The summed E-state index contributed by atoms with van der Waals surface area (Å²) in [6.45, 7) is 2.14. The van der Waals surface area contributed by atoms with Gasteiger partial charge in [-0.3, -0.25) is 9.59 Å². The third kappa shape index (κ3) is 3.18. The number of carbonyl (C=O) groups excluding carboxylic acids is 2. The van der Waals surface area contributed by atoms with Crippen molar-refractivity contribution >= 4 is 23.2 Å². The van der Waals surface area contributed by atoms with E-state index in [0.29, 0.717) is 11.6 Å². The van der Waals surface area contributed by atoms with Gasteiger partial charge in [-0.15, -0.1) is 0 Å². The number of pyridine rings is 1. The molecule has 4 aliphatic rings. The van der Waals surface area contributed by atoms with Gasteiger partial charge in [-0.1, -0.05) is 31.2 Å². The van der Waals surface area contributed by atoms with Crippen molar-refractivity contribution in [3.63, 3.8) is 0 Å². The molecule has 0 bridgehead atoms. The van der Waals surface area contributed by atoms with Crippen molar-refractivity contribution < 1.29 is 14.0 Å². The normalized spacial score (nSPS) is 36.3. The van der Waals surface area contributed by atoms with E-state index in [1.807, 2.05) is 42.5 Å². The number of aromatic nitrogens is 1. The Morgan fingerprint density at radius 1 is 1.25 bits per heavy atom. The fourth-order valence-electron chi connectivity index (χ4n) is 5.29. The van der Waals surface area contributed by atoms with E-state index in [2.05, 4.69) is 33.9 Å². The highest BCUT2D eigenvalue weighted by molar-refractivity contribution is 5.94. The Labute approximate surface area is 185 Å². The number of rotatable bonds is 5. The molecule has 2 heterocycles. The second-order valence-electron chi connectivity index (χ2n) is 9.72. The lowest BCUT2D eigenvalue weighted by Crippen LogP contribution is -2.37. The lowest BCUT2D eigenvalue weighted by atomic mass is 9.81. The molecule has 3 unspecified atom stereocenters. The first-order valence-electron chi connectivity index (χ1n) is 11.2. The first-order chi connectivity index (χ1) is 15.4. The second-order valence-corrected chi connectivity index (χ2v) is 9.72. The number of nitrogens with one attached hydrogen (secondary N) is 3. The topological polar surface area (TPSA) is 83.1 Å². The van der Waals surface area contributed by atoms with Crippen molar-refractivity contribution in [1.29, 1.82) is 0 Å². The minimum Gasteiger partial charge on any atom is -0.379 e. The molecule has 2 saturated carbocycles. The fraction of sp³-hybridized carbons (Fsp3) is 0.400. The van der Waals surface area contributed by atoms with Gasteiger partial charge in [-0.05, 0) is 48.1 Å². The van der Waals surface area contributed by atoms with Gasteiger partial charge < -0.3 is 16.0 Å². The number of anilines is 2. The van der Waals surface area contributed by atoms with E-state index in [4.69, 9.17) is 0 Å². The van der Waals surface area contributed by atoms with Crippen LogP contribution in [0.5, 0.6) is 0 Å². The van der Waals surface area contributed by atoms with Gasteiger partial charge in [0.15, 0.2) is 0 Å². The predicted octanol–water partition coefficient (Wildman–Crippen LogP) is 3.61. The zero-order valence-electron chi connectivity index (χ0n) is 17.7. The molecule has 2 aromatic rings. The third-order valence-corrected chi connectivity index (χ3v) is 7.34. The Hall–Kier alpha value is -3.22. The van der Waals surface area contributed by atoms with Crippen LogP contribution in [0.1, 0.15) is 31.4 Å². The maximum Gasteiger partial charge on any atom is 0.231 e. The van der Waals surface area contributed by atoms with E-state index < -0.39 is 12.1 Å². The molecule has 0 radical (unpaired) electrons. The van der Waals surface area contributed by atoms with Crippen molar-refractivity contribution in [2.24, 2.45) is 23.2 Å². The van der Waals surface area contributed by atoms with Gasteiger partial charge in [0.05, 0.1) is 23.9 Å². The van der Waals surface area contributed by atoms with Gasteiger partial charge >= 0.3 is 0 Å². The molecule has 1 aromatic carbocycles. The number of para-hydroxylation sites is 1. The zero-order chi connectivity index (χ0) is 22.0. The molecule has 1 aliphatic heterocycles. The van der Waals surface area contributed by atoms with Crippen molar-refractivity contribution in [3.05, 3.63) is 66.0 Å². The number of carbonyl (C=O) groups is 2. The van der Waals surface area contributed by atoms with Gasteiger partial charge in [0, 0.05) is 23.5 Å². The van der Waals surface area contributed by atoms with E-state index in [9.17, 15) is 14.0 Å². The maximum absolute atomic E-state index is 13.3. The summed E-state index contributed by atoms with van der Waals surface area (Å²) in [4.78, 5) is 29.8. The Bertz CT molecular complexity index is 1140. The average Bonchev–Trinajstić information content (AvgIpc) is 3.65. The molecular weight excluding hydrogens is 407 g/mol. The molecule has 1 amide bonds. The highest BCUT2D eigenvalue weighted by Crippen LogP contribution is 2.60. The highest BCUT2D eigenvalue weighted by atomic mass is 19.1. The molecule has 1 aromatic heterocycles. The van der Waals surface area contributed by atoms with Crippen LogP contribution in [0, 0.1) is 23.2 Å². The van der Waals surface area contributed by atoms with E-state index in [1.54, 1.807) is 6.20 Å². The van der Waals surface area contributed by atoms with Crippen molar-refractivity contribution in [1.82, 2.24) is 10.3 Å². The minimum atomic E-state index is -1.05. The number of hydrogen-bond acceptors (Lipinski definition) is 5. The van der Waals surface area contributed by atoms with E-state index in [1.165, 1.54) is 0 Å². The molecule has 0 spiro atoms. The number of alkyl halides is 1. The number of ketones is 1. The molecule has 164 valence electrons. The van der Waals surface area contributed by atoms with Crippen molar-refractivity contribution in [2.75, 3.05) is 10.6 Å². The van der Waals surface area contributed by atoms with Crippen LogP contribution in [-0.2, 0) is 9.59 Å². The molecular formula is C25H25FN4O2. The van der Waals surface area contributed by atoms with E-state index in [-0.39, 0.29) is 41.7 Å². The molecule has 3 aliphatic carbocycles. The molecule has 1 saturated heterocycles. The number of Topliss-reactive ketones (excluding diaryl/α,β-unsaturated/α-hetero) is 1. The number of fused-ring (bicyclic) bond motifs is 2. The maximum atomic E-state index is 13.3. The molecule has 3 fully saturated rings.